The van der Waals surface area contributed by atoms with Gasteiger partial charge in [0.05, 0.1) is 17.2 Å². The zero-order valence-corrected chi connectivity index (χ0v) is 14.2. The fourth-order valence-corrected chi connectivity index (χ4v) is 2.75. The van der Waals surface area contributed by atoms with Crippen molar-refractivity contribution < 1.29 is 23.1 Å². The van der Waals surface area contributed by atoms with Crippen LogP contribution >= 0.6 is 0 Å². The van der Waals surface area contributed by atoms with Gasteiger partial charge >= 0.3 is 6.03 Å². The Bertz CT molecular complexity index is 886. The average molecular weight is 361 g/mol. The molecule has 26 heavy (non-hydrogen) atoms. The molecule has 1 aliphatic rings. The second-order valence-corrected chi connectivity index (χ2v) is 5.84. The van der Waals surface area contributed by atoms with Gasteiger partial charge < -0.3 is 20.7 Å². The van der Waals surface area contributed by atoms with Gasteiger partial charge in [0.2, 0.25) is 0 Å². The number of rotatable bonds is 3. The molecule has 2 aromatic rings. The molecule has 3 amide bonds. The Labute approximate surface area is 148 Å². The molecule has 8 heteroatoms. The number of amides is 3. The first-order chi connectivity index (χ1) is 12.4. The highest BCUT2D eigenvalue weighted by Gasteiger charge is 2.32. The zero-order chi connectivity index (χ0) is 18.8. The number of fused-ring (bicyclic) bond motifs is 1. The summed E-state index contributed by atoms with van der Waals surface area (Å²) >= 11 is 0. The zero-order valence-electron chi connectivity index (χ0n) is 14.2. The Morgan fingerprint density at radius 2 is 1.88 bits per heavy atom. The predicted octanol–water partition coefficient (Wildman–Crippen LogP) is 2.89. The van der Waals surface area contributed by atoms with Crippen LogP contribution in [0.4, 0.5) is 19.3 Å². The molecular weight excluding hydrogens is 344 g/mol. The average Bonchev–Trinajstić information content (AvgIpc) is 3.02. The van der Waals surface area contributed by atoms with Gasteiger partial charge in [0.1, 0.15) is 24.0 Å². The first-order valence-electron chi connectivity index (χ1n) is 7.91. The quantitative estimate of drug-likeness (QED) is 0.787. The highest BCUT2D eigenvalue weighted by molar-refractivity contribution is 6.06. The minimum Gasteiger partial charge on any atom is -0.490 e. The van der Waals surface area contributed by atoms with E-state index in [9.17, 15) is 18.4 Å². The van der Waals surface area contributed by atoms with Gasteiger partial charge in [-0.2, -0.15) is 0 Å². The molecule has 0 saturated heterocycles. The van der Waals surface area contributed by atoms with Gasteiger partial charge in [-0.05, 0) is 42.8 Å². The number of hydrogen-bond acceptors (Lipinski definition) is 3. The Morgan fingerprint density at radius 1 is 1.15 bits per heavy atom. The third kappa shape index (κ3) is 3.30. The number of nitrogens with one attached hydrogen (secondary N) is 3. The van der Waals surface area contributed by atoms with Gasteiger partial charge in [-0.1, -0.05) is 0 Å². The van der Waals surface area contributed by atoms with Crippen LogP contribution < -0.4 is 20.7 Å². The van der Waals surface area contributed by atoms with Gasteiger partial charge in [0.25, 0.3) is 5.91 Å². The third-order valence-electron chi connectivity index (χ3n) is 4.08. The number of anilines is 1. The topological polar surface area (TPSA) is 79.5 Å². The molecule has 0 spiro atoms. The van der Waals surface area contributed by atoms with Crippen LogP contribution in [0.2, 0.25) is 0 Å². The number of urea groups is 1. The summed E-state index contributed by atoms with van der Waals surface area (Å²) in [5, 5.41) is 7.59. The number of halogens is 2. The molecule has 0 radical (unpaired) electrons. The number of carbonyl (C=O) groups is 2. The molecule has 3 rings (SSSR count). The molecule has 0 aromatic heterocycles. The molecule has 136 valence electrons. The molecule has 1 aliphatic heterocycles. The fraction of sp³-hybridized carbons (Fsp3) is 0.222. The number of carbonyl (C=O) groups excluding carboxylic acids is 2. The first-order valence-corrected chi connectivity index (χ1v) is 7.91. The minimum absolute atomic E-state index is 0.0135. The minimum atomic E-state index is -0.703. The standard InChI is InChI=1S/C18H17F2N3O3/c1-9-7-10(3-5-12(9)19)22-17(24)11-4-6-13(20)15-14(8-26-16(11)15)23-18(25)21-2/h3-7,14H,8H2,1-2H3,(H,22,24)(H2,21,23,25). The van der Waals surface area contributed by atoms with Gasteiger partial charge in [-0.15, -0.1) is 0 Å². The SMILES string of the molecule is CNC(=O)NC1COc2c(C(=O)Nc3ccc(F)c(C)c3)ccc(F)c21. The van der Waals surface area contributed by atoms with Crippen molar-refractivity contribution in [2.75, 3.05) is 19.0 Å². The lowest BCUT2D eigenvalue weighted by atomic mass is 10.0. The lowest BCUT2D eigenvalue weighted by Gasteiger charge is -2.13. The van der Waals surface area contributed by atoms with Crippen molar-refractivity contribution in [1.82, 2.24) is 10.6 Å². The summed E-state index contributed by atoms with van der Waals surface area (Å²) in [6, 6.07) is 5.45. The summed E-state index contributed by atoms with van der Waals surface area (Å²) in [6.45, 7) is 1.60. The van der Waals surface area contributed by atoms with Crippen LogP contribution in [-0.4, -0.2) is 25.6 Å². The van der Waals surface area contributed by atoms with Gasteiger partial charge in [0, 0.05) is 12.7 Å². The van der Waals surface area contributed by atoms with Crippen LogP contribution in [0.3, 0.4) is 0 Å². The maximum Gasteiger partial charge on any atom is 0.315 e. The number of benzene rings is 2. The third-order valence-corrected chi connectivity index (χ3v) is 4.08. The van der Waals surface area contributed by atoms with E-state index >= 15 is 0 Å². The molecule has 1 atom stereocenters. The lowest BCUT2D eigenvalue weighted by Crippen LogP contribution is -2.36. The molecular formula is C18H17F2N3O3. The van der Waals surface area contributed by atoms with Crippen molar-refractivity contribution in [1.29, 1.82) is 0 Å². The molecule has 0 fully saturated rings. The fourth-order valence-electron chi connectivity index (χ4n) is 2.75. The Balaban J connectivity index is 1.88. The van der Waals surface area contributed by atoms with Gasteiger partial charge in [-0.25, -0.2) is 13.6 Å². The summed E-state index contributed by atoms with van der Waals surface area (Å²) in [4.78, 5) is 24.1. The van der Waals surface area contributed by atoms with Crippen LogP contribution in [0.15, 0.2) is 30.3 Å². The van der Waals surface area contributed by atoms with Crippen LogP contribution in [-0.2, 0) is 0 Å². The normalized spacial score (nSPS) is 15.0. The molecule has 0 aliphatic carbocycles. The number of aryl methyl sites for hydroxylation is 1. The van der Waals surface area contributed by atoms with E-state index in [0.717, 1.165) is 6.07 Å². The summed E-state index contributed by atoms with van der Waals surface area (Å²) in [6.07, 6.45) is 0. The van der Waals surface area contributed by atoms with E-state index in [-0.39, 0.29) is 29.3 Å². The van der Waals surface area contributed by atoms with Crippen LogP contribution in [0.1, 0.15) is 27.5 Å². The predicted molar refractivity (Wildman–Crippen MR) is 91.3 cm³/mol. The number of ether oxygens (including phenoxy) is 1. The second-order valence-electron chi connectivity index (χ2n) is 5.84. The van der Waals surface area contributed by atoms with Crippen LogP contribution in [0, 0.1) is 18.6 Å². The summed E-state index contributed by atoms with van der Waals surface area (Å²) in [5.74, 6) is -1.39. The van der Waals surface area contributed by atoms with Gasteiger partial charge in [-0.3, -0.25) is 4.79 Å². The van der Waals surface area contributed by atoms with Crippen LogP contribution in [0.25, 0.3) is 0 Å². The second kappa shape index (κ2) is 6.99. The highest BCUT2D eigenvalue weighted by Crippen LogP contribution is 2.38. The van der Waals surface area contributed by atoms with E-state index in [2.05, 4.69) is 16.0 Å². The first kappa shape index (κ1) is 17.7. The van der Waals surface area contributed by atoms with Crippen molar-refractivity contribution in [3.8, 4) is 5.75 Å². The number of hydrogen-bond donors (Lipinski definition) is 3. The molecule has 0 saturated carbocycles. The highest BCUT2D eigenvalue weighted by atomic mass is 19.1. The van der Waals surface area contributed by atoms with E-state index in [4.69, 9.17) is 4.74 Å². The van der Waals surface area contributed by atoms with Gasteiger partial charge in [0.15, 0.2) is 0 Å². The summed E-state index contributed by atoms with van der Waals surface area (Å²) in [7, 11) is 1.44. The van der Waals surface area contributed by atoms with E-state index < -0.39 is 23.8 Å². The molecule has 0 bridgehead atoms. The Morgan fingerprint density at radius 3 is 2.58 bits per heavy atom. The summed E-state index contributed by atoms with van der Waals surface area (Å²) in [5.41, 5.74) is 1.05. The van der Waals surface area contributed by atoms with Crippen molar-refractivity contribution in [3.05, 3.63) is 58.7 Å². The molecule has 1 heterocycles. The van der Waals surface area contributed by atoms with Crippen molar-refractivity contribution in [2.24, 2.45) is 0 Å². The summed E-state index contributed by atoms with van der Waals surface area (Å²) < 4.78 is 33.1. The molecule has 2 aromatic carbocycles. The van der Waals surface area contributed by atoms with E-state index in [1.807, 2.05) is 0 Å². The van der Waals surface area contributed by atoms with Crippen molar-refractivity contribution >= 4 is 17.6 Å². The van der Waals surface area contributed by atoms with E-state index in [0.29, 0.717) is 11.3 Å². The monoisotopic (exact) mass is 361 g/mol. The van der Waals surface area contributed by atoms with E-state index in [1.54, 1.807) is 6.92 Å². The largest absolute Gasteiger partial charge is 0.490 e. The van der Waals surface area contributed by atoms with Crippen molar-refractivity contribution in [2.45, 2.75) is 13.0 Å². The molecule has 3 N–H and O–H groups in total. The molecule has 6 nitrogen and oxygen atoms in total. The Kier molecular flexibility index (Phi) is 4.75. The van der Waals surface area contributed by atoms with Crippen molar-refractivity contribution in [3.63, 3.8) is 0 Å². The van der Waals surface area contributed by atoms with Crippen LogP contribution in [0.5, 0.6) is 5.75 Å². The Hall–Kier alpha value is -3.16. The maximum absolute atomic E-state index is 14.2. The van der Waals surface area contributed by atoms with E-state index in [1.165, 1.54) is 31.3 Å². The maximum atomic E-state index is 14.2. The smallest absolute Gasteiger partial charge is 0.315 e. The molecule has 1 unspecified atom stereocenters. The lowest BCUT2D eigenvalue weighted by molar-refractivity contribution is 0.102.